The lowest BCUT2D eigenvalue weighted by Crippen LogP contribution is -1.82. The zero-order valence-electron chi connectivity index (χ0n) is 17.2. The number of hydrogen-bond donors (Lipinski definition) is 0. The Morgan fingerprint density at radius 3 is 1.65 bits per heavy atom. The van der Waals surface area contributed by atoms with Crippen molar-refractivity contribution in [2.45, 2.75) is 6.92 Å². The van der Waals surface area contributed by atoms with Gasteiger partial charge in [0.05, 0.1) is 7.11 Å². The monoisotopic (exact) mass is 402 g/mol. The minimum atomic E-state index is 0.842. The summed E-state index contributed by atoms with van der Waals surface area (Å²) < 4.78 is 17.9. The molecule has 31 heavy (non-hydrogen) atoms. The molecule has 3 nitrogen and oxygen atoms in total. The van der Waals surface area contributed by atoms with Gasteiger partial charge >= 0.3 is 0 Å². The Bertz CT molecular complexity index is 1830. The standard InChI is InChI=1S/C28H18O3/c1-15-3-4-16-9-21-23-13-28-24(14-27(23)30-25(21)11-18(16)7-15)22-10-17-5-6-20(29-2)8-19(17)12-26(22)31-28/h3-14H,1-2H3. The molecule has 0 fully saturated rings. The lowest BCUT2D eigenvalue weighted by Gasteiger charge is -2.02. The zero-order valence-corrected chi connectivity index (χ0v) is 17.2. The Labute approximate surface area is 177 Å². The fourth-order valence-electron chi connectivity index (χ4n) is 4.75. The van der Waals surface area contributed by atoms with Gasteiger partial charge in [-0.1, -0.05) is 29.8 Å². The van der Waals surface area contributed by atoms with Crippen molar-refractivity contribution in [2.75, 3.05) is 7.11 Å². The average molecular weight is 402 g/mol. The molecular formula is C28H18O3. The SMILES string of the molecule is COc1ccc2cc3c(cc2c1)oc1cc2c(cc13)oc1cc3cc(C)ccc3cc12. The second kappa shape index (κ2) is 5.79. The number of fused-ring (bicyclic) bond motifs is 8. The maximum atomic E-state index is 6.29. The maximum Gasteiger partial charge on any atom is 0.136 e. The molecule has 0 radical (unpaired) electrons. The minimum absolute atomic E-state index is 0.842. The van der Waals surface area contributed by atoms with E-state index in [0.717, 1.165) is 60.4 Å². The van der Waals surface area contributed by atoms with Crippen molar-refractivity contribution >= 4 is 65.4 Å². The highest BCUT2D eigenvalue weighted by molar-refractivity contribution is 6.18. The number of benzene rings is 5. The number of rotatable bonds is 1. The molecular weight excluding hydrogens is 384 g/mol. The Kier molecular flexibility index (Phi) is 3.14. The summed E-state index contributed by atoms with van der Waals surface area (Å²) in [6, 6.07) is 25.5. The van der Waals surface area contributed by atoms with Gasteiger partial charge in [-0.25, -0.2) is 0 Å². The van der Waals surface area contributed by atoms with Crippen LogP contribution in [0.5, 0.6) is 5.75 Å². The van der Waals surface area contributed by atoms with Crippen molar-refractivity contribution in [3.63, 3.8) is 0 Å². The smallest absolute Gasteiger partial charge is 0.136 e. The first-order valence-corrected chi connectivity index (χ1v) is 10.4. The highest BCUT2D eigenvalue weighted by Gasteiger charge is 2.15. The van der Waals surface area contributed by atoms with Gasteiger partial charge in [0, 0.05) is 21.5 Å². The van der Waals surface area contributed by atoms with Crippen molar-refractivity contribution in [1.29, 1.82) is 0 Å². The molecule has 0 N–H and O–H groups in total. The fraction of sp³-hybridized carbons (Fsp3) is 0.0714. The number of ether oxygens (including phenoxy) is 1. The summed E-state index contributed by atoms with van der Waals surface area (Å²) >= 11 is 0. The van der Waals surface area contributed by atoms with Gasteiger partial charge in [-0.05, 0) is 77.0 Å². The molecule has 2 aromatic heterocycles. The molecule has 3 heteroatoms. The van der Waals surface area contributed by atoms with Gasteiger partial charge in [-0.15, -0.1) is 0 Å². The molecule has 0 spiro atoms. The van der Waals surface area contributed by atoms with Crippen molar-refractivity contribution in [3.05, 3.63) is 78.4 Å². The molecule has 7 aromatic rings. The third-order valence-corrected chi connectivity index (χ3v) is 6.34. The topological polar surface area (TPSA) is 35.5 Å². The summed E-state index contributed by atoms with van der Waals surface area (Å²) in [5.41, 5.74) is 4.77. The van der Waals surface area contributed by atoms with Crippen LogP contribution in [0.1, 0.15) is 5.56 Å². The summed E-state index contributed by atoms with van der Waals surface area (Å²) in [5.74, 6) is 0.842. The fourth-order valence-corrected chi connectivity index (χ4v) is 4.75. The molecule has 0 atom stereocenters. The zero-order chi connectivity index (χ0) is 20.7. The van der Waals surface area contributed by atoms with Crippen LogP contribution in [0, 0.1) is 6.92 Å². The van der Waals surface area contributed by atoms with E-state index in [9.17, 15) is 0 Å². The van der Waals surface area contributed by atoms with Crippen LogP contribution in [0.3, 0.4) is 0 Å². The van der Waals surface area contributed by atoms with Gasteiger partial charge in [0.15, 0.2) is 0 Å². The van der Waals surface area contributed by atoms with Gasteiger partial charge in [-0.2, -0.15) is 0 Å². The summed E-state index contributed by atoms with van der Waals surface area (Å²) in [7, 11) is 1.69. The molecule has 0 amide bonds. The van der Waals surface area contributed by atoms with E-state index in [-0.39, 0.29) is 0 Å². The van der Waals surface area contributed by atoms with Crippen LogP contribution in [0.4, 0.5) is 0 Å². The molecule has 7 rings (SSSR count). The highest BCUT2D eigenvalue weighted by Crippen LogP contribution is 2.39. The average Bonchev–Trinajstić information content (AvgIpc) is 3.30. The Hall–Kier alpha value is -3.98. The van der Waals surface area contributed by atoms with E-state index in [2.05, 4.69) is 67.6 Å². The third kappa shape index (κ3) is 2.34. The number of aryl methyl sites for hydroxylation is 1. The summed E-state index contributed by atoms with van der Waals surface area (Å²) in [5, 5.41) is 9.02. The summed E-state index contributed by atoms with van der Waals surface area (Å²) in [4.78, 5) is 0. The lowest BCUT2D eigenvalue weighted by atomic mass is 10.0. The Morgan fingerprint density at radius 1 is 0.516 bits per heavy atom. The maximum absolute atomic E-state index is 6.29. The Balaban J connectivity index is 1.55. The largest absolute Gasteiger partial charge is 0.497 e. The predicted molar refractivity (Wildman–Crippen MR) is 127 cm³/mol. The van der Waals surface area contributed by atoms with Crippen LogP contribution in [-0.4, -0.2) is 7.11 Å². The normalized spacial score (nSPS) is 12.2. The molecule has 0 aliphatic heterocycles. The third-order valence-electron chi connectivity index (χ3n) is 6.34. The van der Waals surface area contributed by atoms with E-state index >= 15 is 0 Å². The summed E-state index contributed by atoms with van der Waals surface area (Å²) in [6.07, 6.45) is 0. The predicted octanol–water partition coefficient (Wildman–Crippen LogP) is 8.11. The molecule has 0 aliphatic carbocycles. The van der Waals surface area contributed by atoms with Crippen LogP contribution < -0.4 is 4.74 Å². The Morgan fingerprint density at radius 2 is 1.03 bits per heavy atom. The van der Waals surface area contributed by atoms with Gasteiger partial charge < -0.3 is 13.6 Å². The first-order valence-electron chi connectivity index (χ1n) is 10.4. The molecule has 0 aliphatic rings. The quantitative estimate of drug-likeness (QED) is 0.278. The molecule has 2 heterocycles. The molecule has 0 saturated heterocycles. The first kappa shape index (κ1) is 16.8. The van der Waals surface area contributed by atoms with Gasteiger partial charge in [0.25, 0.3) is 0 Å². The highest BCUT2D eigenvalue weighted by atomic mass is 16.5. The van der Waals surface area contributed by atoms with E-state index < -0.39 is 0 Å². The van der Waals surface area contributed by atoms with Crippen molar-refractivity contribution in [3.8, 4) is 5.75 Å². The number of methoxy groups -OCH3 is 1. The number of hydrogen-bond acceptors (Lipinski definition) is 3. The molecule has 0 saturated carbocycles. The first-order chi connectivity index (χ1) is 15.2. The van der Waals surface area contributed by atoms with Crippen LogP contribution >= 0.6 is 0 Å². The van der Waals surface area contributed by atoms with E-state index in [1.165, 1.54) is 16.3 Å². The van der Waals surface area contributed by atoms with E-state index in [1.807, 2.05) is 12.1 Å². The second-order valence-corrected chi connectivity index (χ2v) is 8.31. The van der Waals surface area contributed by atoms with E-state index in [1.54, 1.807) is 7.11 Å². The van der Waals surface area contributed by atoms with Gasteiger partial charge in [-0.3, -0.25) is 0 Å². The number of furan rings is 2. The van der Waals surface area contributed by atoms with Crippen LogP contribution in [0.15, 0.2) is 81.6 Å². The summed E-state index contributed by atoms with van der Waals surface area (Å²) in [6.45, 7) is 2.11. The van der Waals surface area contributed by atoms with Gasteiger partial charge in [0.1, 0.15) is 28.1 Å². The van der Waals surface area contributed by atoms with Crippen molar-refractivity contribution in [2.24, 2.45) is 0 Å². The molecule has 0 bridgehead atoms. The second-order valence-electron chi connectivity index (χ2n) is 8.31. The van der Waals surface area contributed by atoms with E-state index in [0.29, 0.717) is 0 Å². The van der Waals surface area contributed by atoms with Crippen LogP contribution in [0.2, 0.25) is 0 Å². The molecule has 0 unspecified atom stereocenters. The van der Waals surface area contributed by atoms with E-state index in [4.69, 9.17) is 13.6 Å². The van der Waals surface area contributed by atoms with Gasteiger partial charge in [0.2, 0.25) is 0 Å². The van der Waals surface area contributed by atoms with Crippen LogP contribution in [-0.2, 0) is 0 Å². The minimum Gasteiger partial charge on any atom is -0.497 e. The lowest BCUT2D eigenvalue weighted by molar-refractivity contribution is 0.415. The van der Waals surface area contributed by atoms with Crippen LogP contribution in [0.25, 0.3) is 65.4 Å². The van der Waals surface area contributed by atoms with Crippen molar-refractivity contribution in [1.82, 2.24) is 0 Å². The van der Waals surface area contributed by atoms with Crippen molar-refractivity contribution < 1.29 is 13.6 Å². The molecule has 5 aromatic carbocycles. The molecule has 148 valence electrons.